The van der Waals surface area contributed by atoms with E-state index in [0.717, 1.165) is 18.8 Å². The van der Waals surface area contributed by atoms with Crippen LogP contribution in [0, 0.1) is 5.92 Å². The quantitative estimate of drug-likeness (QED) is 0.680. The fourth-order valence-corrected chi connectivity index (χ4v) is 1.90. The van der Waals surface area contributed by atoms with Gasteiger partial charge in [-0.3, -0.25) is 4.79 Å². The van der Waals surface area contributed by atoms with E-state index in [1.54, 1.807) is 4.90 Å². The average Bonchev–Trinajstić information content (AvgIpc) is 2.16. The molecule has 0 aliphatic carbocycles. The Labute approximate surface area is 87.1 Å². The molecule has 82 valence electrons. The minimum atomic E-state index is 0.268. The molecule has 0 unspecified atom stereocenters. The second-order valence-corrected chi connectivity index (χ2v) is 4.57. The Morgan fingerprint density at radius 2 is 1.93 bits per heavy atom. The maximum absolute atomic E-state index is 11.4. The Morgan fingerprint density at radius 1 is 1.36 bits per heavy atom. The highest BCUT2D eigenvalue weighted by Crippen LogP contribution is 2.20. The van der Waals surface area contributed by atoms with Crippen LogP contribution in [0.5, 0.6) is 0 Å². The van der Waals surface area contributed by atoms with E-state index < -0.39 is 0 Å². The predicted molar refractivity (Wildman–Crippen MR) is 58.1 cm³/mol. The lowest BCUT2D eigenvalue weighted by molar-refractivity contribution is -0.129. The molecule has 0 spiro atoms. The molecule has 0 radical (unpaired) electrons. The molecule has 14 heavy (non-hydrogen) atoms. The average molecular weight is 198 g/mol. The van der Waals surface area contributed by atoms with Crippen molar-refractivity contribution < 1.29 is 4.79 Å². The van der Waals surface area contributed by atoms with Gasteiger partial charge in [-0.15, -0.1) is 0 Å². The first kappa shape index (κ1) is 11.5. The summed E-state index contributed by atoms with van der Waals surface area (Å²) < 4.78 is 0. The van der Waals surface area contributed by atoms with Crippen LogP contribution < -0.4 is 0 Å². The largest absolute Gasteiger partial charge is 0.349 e. The number of likely N-dealkylation sites (tertiary alicyclic amines) is 1. The lowest BCUT2D eigenvalue weighted by Crippen LogP contribution is -2.31. The minimum absolute atomic E-state index is 0.268. The standard InChI is InChI=1S/C11H22N2O/c1-12(2)11(14)5-4-10-6-8-13(3)9-7-10/h10H,4-9H2,1-3H3. The van der Waals surface area contributed by atoms with Crippen molar-refractivity contribution in [3.63, 3.8) is 0 Å². The normalized spacial score (nSPS) is 19.6. The first-order valence-corrected chi connectivity index (χ1v) is 5.48. The zero-order valence-corrected chi connectivity index (χ0v) is 9.62. The van der Waals surface area contributed by atoms with Gasteiger partial charge in [-0.25, -0.2) is 0 Å². The van der Waals surface area contributed by atoms with Crippen molar-refractivity contribution in [3.8, 4) is 0 Å². The third-order valence-electron chi connectivity index (χ3n) is 3.10. The highest BCUT2D eigenvalue weighted by atomic mass is 16.2. The lowest BCUT2D eigenvalue weighted by atomic mass is 9.92. The molecule has 1 aliphatic rings. The van der Waals surface area contributed by atoms with E-state index in [4.69, 9.17) is 0 Å². The van der Waals surface area contributed by atoms with Crippen molar-refractivity contribution in [3.05, 3.63) is 0 Å². The summed E-state index contributed by atoms with van der Waals surface area (Å²) in [7, 11) is 5.83. The van der Waals surface area contributed by atoms with E-state index in [-0.39, 0.29) is 5.91 Å². The zero-order chi connectivity index (χ0) is 10.6. The highest BCUT2D eigenvalue weighted by Gasteiger charge is 2.17. The van der Waals surface area contributed by atoms with Gasteiger partial charge >= 0.3 is 0 Å². The molecule has 0 bridgehead atoms. The van der Waals surface area contributed by atoms with Crippen LogP contribution in [0.3, 0.4) is 0 Å². The number of hydrogen-bond acceptors (Lipinski definition) is 2. The molecule has 1 rings (SSSR count). The van der Waals surface area contributed by atoms with Crippen molar-refractivity contribution in [1.82, 2.24) is 9.80 Å². The minimum Gasteiger partial charge on any atom is -0.349 e. The second-order valence-electron chi connectivity index (χ2n) is 4.57. The van der Waals surface area contributed by atoms with Crippen molar-refractivity contribution in [2.45, 2.75) is 25.7 Å². The molecular weight excluding hydrogens is 176 g/mol. The van der Waals surface area contributed by atoms with Crippen LogP contribution in [-0.4, -0.2) is 49.9 Å². The Kier molecular flexibility index (Phi) is 4.39. The van der Waals surface area contributed by atoms with Crippen LogP contribution in [0.4, 0.5) is 0 Å². The van der Waals surface area contributed by atoms with E-state index in [9.17, 15) is 4.79 Å². The fourth-order valence-electron chi connectivity index (χ4n) is 1.90. The summed E-state index contributed by atoms with van der Waals surface area (Å²) >= 11 is 0. The molecule has 1 fully saturated rings. The molecule has 0 aromatic carbocycles. The van der Waals surface area contributed by atoms with Crippen LogP contribution in [-0.2, 0) is 4.79 Å². The summed E-state index contributed by atoms with van der Waals surface area (Å²) in [5.41, 5.74) is 0. The summed E-state index contributed by atoms with van der Waals surface area (Å²) in [5.74, 6) is 1.04. The van der Waals surface area contributed by atoms with Gasteiger partial charge in [0.05, 0.1) is 0 Å². The Balaban J connectivity index is 2.16. The highest BCUT2D eigenvalue weighted by molar-refractivity contribution is 5.75. The van der Waals surface area contributed by atoms with Crippen molar-refractivity contribution in [1.29, 1.82) is 0 Å². The summed E-state index contributed by atoms with van der Waals surface area (Å²) in [5, 5.41) is 0. The Morgan fingerprint density at radius 3 is 2.43 bits per heavy atom. The summed E-state index contributed by atoms with van der Waals surface area (Å²) in [6, 6.07) is 0. The van der Waals surface area contributed by atoms with E-state index in [1.165, 1.54) is 25.9 Å². The Bertz CT molecular complexity index is 184. The molecule has 1 amide bonds. The van der Waals surface area contributed by atoms with E-state index in [1.807, 2.05) is 14.1 Å². The smallest absolute Gasteiger partial charge is 0.222 e. The third kappa shape index (κ3) is 3.66. The van der Waals surface area contributed by atoms with Crippen LogP contribution in [0.2, 0.25) is 0 Å². The number of carbonyl (C=O) groups excluding carboxylic acids is 1. The van der Waals surface area contributed by atoms with Gasteiger partial charge in [-0.2, -0.15) is 0 Å². The van der Waals surface area contributed by atoms with Gasteiger partial charge in [0, 0.05) is 20.5 Å². The number of hydrogen-bond donors (Lipinski definition) is 0. The molecule has 3 nitrogen and oxygen atoms in total. The number of carbonyl (C=O) groups is 1. The first-order valence-electron chi connectivity index (χ1n) is 5.48. The lowest BCUT2D eigenvalue weighted by Gasteiger charge is -2.28. The summed E-state index contributed by atoms with van der Waals surface area (Å²) in [6.45, 7) is 2.39. The van der Waals surface area contributed by atoms with Gasteiger partial charge < -0.3 is 9.80 Å². The molecule has 1 aliphatic heterocycles. The van der Waals surface area contributed by atoms with Gasteiger partial charge in [0.25, 0.3) is 0 Å². The SMILES string of the molecule is CN1CCC(CCC(=O)N(C)C)CC1. The molecule has 0 atom stereocenters. The summed E-state index contributed by atoms with van der Waals surface area (Å²) in [4.78, 5) is 15.4. The van der Waals surface area contributed by atoms with E-state index in [0.29, 0.717) is 0 Å². The number of amides is 1. The topological polar surface area (TPSA) is 23.6 Å². The maximum atomic E-state index is 11.4. The molecular formula is C11H22N2O. The van der Waals surface area contributed by atoms with Crippen molar-refractivity contribution in [2.75, 3.05) is 34.2 Å². The second kappa shape index (κ2) is 5.35. The van der Waals surface area contributed by atoms with E-state index >= 15 is 0 Å². The number of nitrogens with zero attached hydrogens (tertiary/aromatic N) is 2. The zero-order valence-electron chi connectivity index (χ0n) is 9.62. The van der Waals surface area contributed by atoms with Crippen LogP contribution >= 0.6 is 0 Å². The Hall–Kier alpha value is -0.570. The van der Waals surface area contributed by atoms with Gasteiger partial charge in [-0.05, 0) is 45.3 Å². The summed E-state index contributed by atoms with van der Waals surface area (Å²) in [6.07, 6.45) is 4.32. The van der Waals surface area contributed by atoms with Crippen LogP contribution in [0.15, 0.2) is 0 Å². The van der Waals surface area contributed by atoms with Crippen molar-refractivity contribution >= 4 is 5.91 Å². The van der Waals surface area contributed by atoms with Gasteiger partial charge in [-0.1, -0.05) is 0 Å². The van der Waals surface area contributed by atoms with Crippen molar-refractivity contribution in [2.24, 2.45) is 5.92 Å². The fraction of sp³-hybridized carbons (Fsp3) is 0.909. The van der Waals surface area contributed by atoms with Crippen LogP contribution in [0.1, 0.15) is 25.7 Å². The third-order valence-corrected chi connectivity index (χ3v) is 3.10. The van der Waals surface area contributed by atoms with Gasteiger partial charge in [0.2, 0.25) is 5.91 Å². The molecule has 0 aromatic rings. The molecule has 1 saturated heterocycles. The van der Waals surface area contributed by atoms with Gasteiger partial charge in [0.1, 0.15) is 0 Å². The van der Waals surface area contributed by atoms with E-state index in [2.05, 4.69) is 11.9 Å². The molecule has 0 saturated carbocycles. The first-order chi connectivity index (χ1) is 6.59. The predicted octanol–water partition coefficient (Wildman–Crippen LogP) is 1.20. The van der Waals surface area contributed by atoms with Crippen LogP contribution in [0.25, 0.3) is 0 Å². The molecule has 0 N–H and O–H groups in total. The monoisotopic (exact) mass is 198 g/mol. The van der Waals surface area contributed by atoms with Gasteiger partial charge in [0.15, 0.2) is 0 Å². The molecule has 1 heterocycles. The molecule has 3 heteroatoms. The maximum Gasteiger partial charge on any atom is 0.222 e. The molecule has 0 aromatic heterocycles. The number of rotatable bonds is 3. The number of piperidine rings is 1.